The highest BCUT2D eigenvalue weighted by atomic mass is 32.2. The van der Waals surface area contributed by atoms with E-state index in [1.807, 2.05) is 0 Å². The topological polar surface area (TPSA) is 84.9 Å². The van der Waals surface area contributed by atoms with E-state index in [9.17, 15) is 31.2 Å². The summed E-state index contributed by atoms with van der Waals surface area (Å²) in [5.74, 6) is -8.85. The van der Waals surface area contributed by atoms with Crippen LogP contribution in [0, 0.1) is 23.3 Å². The summed E-state index contributed by atoms with van der Waals surface area (Å²) in [7, 11) is -6.51. The average molecular weight is 508 g/mol. The number of rotatable bonds is 12. The Balaban J connectivity index is 2.70. The lowest BCUT2D eigenvalue weighted by Gasteiger charge is -2.36. The van der Waals surface area contributed by atoms with E-state index in [0.29, 0.717) is 25.9 Å². The molecule has 0 unspecified atom stereocenters. The molecule has 0 heterocycles. The van der Waals surface area contributed by atoms with Crippen LogP contribution >= 0.6 is 12.0 Å². The molecule has 1 aromatic carbocycles. The van der Waals surface area contributed by atoms with E-state index < -0.39 is 69.0 Å². The van der Waals surface area contributed by atoms with Crippen LogP contribution in [0.5, 0.6) is 0 Å². The highest BCUT2D eigenvalue weighted by Crippen LogP contribution is 2.37. The molecule has 0 bridgehead atoms. The molecule has 0 aliphatic carbocycles. The van der Waals surface area contributed by atoms with Gasteiger partial charge in [0.15, 0.2) is 41.4 Å². The lowest BCUT2D eigenvalue weighted by Crippen LogP contribution is -2.40. The van der Waals surface area contributed by atoms with Crippen molar-refractivity contribution in [1.29, 1.82) is 0 Å². The molecule has 0 aromatic heterocycles. The number of unbranched alkanes of at least 4 members (excludes halogenated alkanes) is 3. The van der Waals surface area contributed by atoms with Gasteiger partial charge in [-0.15, -0.1) is 0 Å². The molecular weight excluding hydrogens is 480 g/mol. The van der Waals surface area contributed by atoms with Crippen LogP contribution in [0.15, 0.2) is 9.79 Å². The van der Waals surface area contributed by atoms with E-state index in [2.05, 4.69) is 43.2 Å². The van der Waals surface area contributed by atoms with Crippen molar-refractivity contribution in [2.24, 2.45) is 0 Å². The quantitative estimate of drug-likeness (QED) is 0.0762. The van der Waals surface area contributed by atoms with Gasteiger partial charge in [-0.1, -0.05) is 33.6 Å². The van der Waals surface area contributed by atoms with Crippen molar-refractivity contribution in [2.75, 3.05) is 12.4 Å². The smallest absolute Gasteiger partial charge is 0.191 e. The minimum Gasteiger partial charge on any atom is -0.691 e. The summed E-state index contributed by atoms with van der Waals surface area (Å²) in [5.41, 5.74) is 0. The maximum atomic E-state index is 14.1. The van der Waals surface area contributed by atoms with Gasteiger partial charge in [0.05, 0.1) is 17.8 Å². The Labute approximate surface area is 185 Å². The molecule has 0 N–H and O–H groups in total. The van der Waals surface area contributed by atoms with Crippen molar-refractivity contribution in [1.82, 2.24) is 0 Å². The fraction of sp³-hybridized carbons (Fsp3) is 0.667. The van der Waals surface area contributed by atoms with E-state index in [1.165, 1.54) is 0 Å². The maximum Gasteiger partial charge on any atom is 0.191 e. The van der Waals surface area contributed by atoms with Crippen LogP contribution in [0.3, 0.4) is 0 Å². The van der Waals surface area contributed by atoms with Crippen LogP contribution in [-0.2, 0) is 23.6 Å². The SMILES string of the molecule is CC(C)(C)[Si](C)(C)OCCCCCCS(=O)(=O)c1c(F)c(F)c(SOO[O-])c(F)c1F. The Morgan fingerprint density at radius 1 is 0.935 bits per heavy atom. The zero-order valence-corrected chi connectivity index (χ0v) is 20.7. The zero-order valence-electron chi connectivity index (χ0n) is 18.0. The van der Waals surface area contributed by atoms with Crippen LogP contribution in [0.1, 0.15) is 46.5 Å². The fourth-order valence-corrected chi connectivity index (χ4v) is 5.40. The van der Waals surface area contributed by atoms with Gasteiger partial charge < -0.3 is 9.68 Å². The third kappa shape index (κ3) is 7.40. The molecule has 0 saturated carbocycles. The molecule has 0 radical (unpaired) electrons. The summed E-state index contributed by atoms with van der Waals surface area (Å²) >= 11 is -0.415. The van der Waals surface area contributed by atoms with Crippen molar-refractivity contribution in [3.63, 3.8) is 0 Å². The Morgan fingerprint density at radius 2 is 1.45 bits per heavy atom. The standard InChI is InChI=1S/C18H28F4O6S2Si/c1-18(2,3)31(4,5)26-10-8-6-7-9-11-30(24,25)17-14(21)12(19)16(29-28-27-23)13(20)15(17)22/h23H,6-11H2,1-5H3/p-1. The molecule has 6 nitrogen and oxygen atoms in total. The first-order chi connectivity index (χ1) is 14.2. The molecule has 180 valence electrons. The first kappa shape index (κ1) is 28.3. The molecule has 0 spiro atoms. The van der Waals surface area contributed by atoms with Crippen molar-refractivity contribution in [3.8, 4) is 0 Å². The fourth-order valence-electron chi connectivity index (χ4n) is 2.38. The Kier molecular flexibility index (Phi) is 10.4. The summed E-state index contributed by atoms with van der Waals surface area (Å²) < 4.78 is 90.4. The van der Waals surface area contributed by atoms with Gasteiger partial charge >= 0.3 is 0 Å². The molecule has 0 aliphatic rings. The normalized spacial score (nSPS) is 13.1. The number of halogens is 4. The van der Waals surface area contributed by atoms with Crippen LogP contribution in [0.25, 0.3) is 0 Å². The molecule has 0 atom stereocenters. The van der Waals surface area contributed by atoms with E-state index in [0.717, 1.165) is 0 Å². The lowest BCUT2D eigenvalue weighted by atomic mass is 10.2. The third-order valence-electron chi connectivity index (χ3n) is 5.22. The van der Waals surface area contributed by atoms with E-state index in [4.69, 9.17) is 4.43 Å². The number of hydrogen-bond donors (Lipinski definition) is 0. The van der Waals surface area contributed by atoms with Gasteiger partial charge in [0.25, 0.3) is 0 Å². The lowest BCUT2D eigenvalue weighted by molar-refractivity contribution is -0.777. The average Bonchev–Trinajstić information content (AvgIpc) is 2.64. The van der Waals surface area contributed by atoms with E-state index >= 15 is 0 Å². The van der Waals surface area contributed by atoms with Gasteiger partial charge in [-0.25, -0.2) is 26.0 Å². The molecule has 0 aliphatic heterocycles. The number of benzene rings is 1. The predicted octanol–water partition coefficient (Wildman–Crippen LogP) is 4.83. The van der Waals surface area contributed by atoms with Crippen molar-refractivity contribution < 1.29 is 45.0 Å². The number of hydrogen-bond acceptors (Lipinski definition) is 7. The second-order valence-electron chi connectivity index (χ2n) is 8.48. The van der Waals surface area contributed by atoms with Gasteiger partial charge in [0.1, 0.15) is 9.79 Å². The van der Waals surface area contributed by atoms with Gasteiger partial charge in [-0.3, -0.25) is 5.04 Å². The summed E-state index contributed by atoms with van der Waals surface area (Å²) in [6.07, 6.45) is 1.79. The second-order valence-corrected chi connectivity index (χ2v) is 16.0. The highest BCUT2D eigenvalue weighted by molar-refractivity contribution is 7.94. The molecule has 13 heteroatoms. The van der Waals surface area contributed by atoms with Crippen LogP contribution < -0.4 is 5.26 Å². The molecule has 1 aromatic rings. The minimum absolute atomic E-state index is 0.0498. The molecule has 0 amide bonds. The Morgan fingerprint density at radius 3 is 1.94 bits per heavy atom. The van der Waals surface area contributed by atoms with Gasteiger partial charge in [-0.05, 0) is 31.0 Å². The summed E-state index contributed by atoms with van der Waals surface area (Å²) in [4.78, 5) is -3.05. The van der Waals surface area contributed by atoms with Gasteiger partial charge in [-0.2, -0.15) is 4.33 Å². The van der Waals surface area contributed by atoms with Gasteiger partial charge in [0, 0.05) is 6.61 Å². The Hall–Kier alpha value is -0.703. The third-order valence-corrected chi connectivity index (χ3v) is 12.2. The minimum atomic E-state index is -4.64. The van der Waals surface area contributed by atoms with Crippen molar-refractivity contribution in [2.45, 2.75) is 74.4 Å². The van der Waals surface area contributed by atoms with Crippen molar-refractivity contribution in [3.05, 3.63) is 23.3 Å². The second kappa shape index (κ2) is 11.4. The van der Waals surface area contributed by atoms with Crippen LogP contribution in [0.2, 0.25) is 18.1 Å². The monoisotopic (exact) mass is 507 g/mol. The highest BCUT2D eigenvalue weighted by Gasteiger charge is 2.37. The van der Waals surface area contributed by atoms with E-state index in [1.54, 1.807) is 0 Å². The van der Waals surface area contributed by atoms with Crippen LogP contribution in [0.4, 0.5) is 17.6 Å². The summed E-state index contributed by atoms with van der Waals surface area (Å²) in [5, 5.41) is 12.7. The molecule has 31 heavy (non-hydrogen) atoms. The predicted molar refractivity (Wildman–Crippen MR) is 108 cm³/mol. The van der Waals surface area contributed by atoms with Crippen molar-refractivity contribution >= 4 is 30.2 Å². The van der Waals surface area contributed by atoms with Crippen LogP contribution in [-0.4, -0.2) is 29.1 Å². The maximum absolute atomic E-state index is 14.1. The zero-order chi connectivity index (χ0) is 24.0. The summed E-state index contributed by atoms with van der Waals surface area (Å²) in [6.45, 7) is 11.1. The molecule has 1 rings (SSSR count). The van der Waals surface area contributed by atoms with E-state index in [-0.39, 0.29) is 11.5 Å². The first-order valence-electron chi connectivity index (χ1n) is 9.53. The largest absolute Gasteiger partial charge is 0.691 e. The number of sulfone groups is 1. The first-order valence-corrected chi connectivity index (χ1v) is 14.8. The molecule has 0 fully saturated rings. The summed E-state index contributed by atoms with van der Waals surface area (Å²) in [6, 6.07) is 0. The molecular formula is C18H27F4O6S2Si-. The van der Waals surface area contributed by atoms with Gasteiger partial charge in [0.2, 0.25) is 0 Å². The Bertz CT molecular complexity index is 831. The molecule has 0 saturated heterocycles.